The van der Waals surface area contributed by atoms with Crippen molar-refractivity contribution < 1.29 is 31.9 Å². The molecule has 4 rings (SSSR count). The SMILES string of the molecule is CC(C)CNC(=O)[C@H](C)N(Cc1cccc(Br)c1)C(=O)CN(c1ccc(F)cc1)S(=O)(=O)c1ccc2c(c1)OCCO2. The lowest BCUT2D eigenvalue weighted by atomic mass is 10.1. The Hall–Kier alpha value is -3.64. The van der Waals surface area contributed by atoms with Crippen molar-refractivity contribution in [1.29, 1.82) is 0 Å². The molecule has 42 heavy (non-hydrogen) atoms. The van der Waals surface area contributed by atoms with Gasteiger partial charge in [0.2, 0.25) is 11.8 Å². The van der Waals surface area contributed by atoms with E-state index in [4.69, 9.17) is 9.47 Å². The number of fused-ring (bicyclic) bond motifs is 1. The Balaban J connectivity index is 1.71. The van der Waals surface area contributed by atoms with Crippen LogP contribution < -0.4 is 19.1 Å². The topological polar surface area (TPSA) is 105 Å². The van der Waals surface area contributed by atoms with Crippen LogP contribution in [0.4, 0.5) is 10.1 Å². The minimum atomic E-state index is -4.36. The second kappa shape index (κ2) is 13.6. The maximum atomic E-state index is 14.0. The smallest absolute Gasteiger partial charge is 0.264 e. The van der Waals surface area contributed by atoms with Crippen molar-refractivity contribution in [3.05, 3.63) is 82.6 Å². The number of rotatable bonds is 11. The van der Waals surface area contributed by atoms with E-state index in [1.165, 1.54) is 35.2 Å². The molecule has 0 saturated heterocycles. The normalized spacial score (nSPS) is 13.4. The molecule has 1 aliphatic heterocycles. The van der Waals surface area contributed by atoms with E-state index in [1.54, 1.807) is 6.92 Å². The van der Waals surface area contributed by atoms with Gasteiger partial charge in [-0.25, -0.2) is 12.8 Å². The van der Waals surface area contributed by atoms with Crippen LogP contribution in [0.15, 0.2) is 76.1 Å². The molecule has 2 amide bonds. The molecule has 0 unspecified atom stereocenters. The number of carbonyl (C=O) groups excluding carboxylic acids is 2. The lowest BCUT2D eigenvalue weighted by Crippen LogP contribution is -2.51. The maximum Gasteiger partial charge on any atom is 0.264 e. The third-order valence-corrected chi connectivity index (χ3v) is 8.85. The highest BCUT2D eigenvalue weighted by Gasteiger charge is 2.33. The number of sulfonamides is 1. The first-order valence-corrected chi connectivity index (χ1v) is 15.7. The van der Waals surface area contributed by atoms with Crippen LogP contribution in [0.25, 0.3) is 0 Å². The maximum absolute atomic E-state index is 14.0. The van der Waals surface area contributed by atoms with Crippen LogP contribution in [0, 0.1) is 11.7 Å². The minimum absolute atomic E-state index is 0.0515. The van der Waals surface area contributed by atoms with E-state index in [2.05, 4.69) is 21.2 Å². The van der Waals surface area contributed by atoms with Gasteiger partial charge in [-0.2, -0.15) is 0 Å². The third-order valence-electron chi connectivity index (χ3n) is 6.59. The second-order valence-electron chi connectivity index (χ2n) is 10.3. The largest absolute Gasteiger partial charge is 0.486 e. The molecule has 1 N–H and O–H groups in total. The number of hydrogen-bond donors (Lipinski definition) is 1. The van der Waals surface area contributed by atoms with Gasteiger partial charge in [-0.15, -0.1) is 0 Å². The molecule has 224 valence electrons. The number of carbonyl (C=O) groups is 2. The first-order chi connectivity index (χ1) is 20.0. The Kier molecular flexibility index (Phi) is 10.1. The van der Waals surface area contributed by atoms with E-state index in [1.807, 2.05) is 38.1 Å². The van der Waals surface area contributed by atoms with Gasteiger partial charge in [0.25, 0.3) is 10.0 Å². The van der Waals surface area contributed by atoms with Crippen molar-refractivity contribution in [3.8, 4) is 11.5 Å². The lowest BCUT2D eigenvalue weighted by molar-refractivity contribution is -0.139. The van der Waals surface area contributed by atoms with Gasteiger partial charge in [-0.1, -0.05) is 41.9 Å². The molecule has 1 aliphatic rings. The molecule has 3 aromatic carbocycles. The summed E-state index contributed by atoms with van der Waals surface area (Å²) in [4.78, 5) is 28.3. The van der Waals surface area contributed by atoms with Crippen LogP contribution in [0.5, 0.6) is 11.5 Å². The summed E-state index contributed by atoms with van der Waals surface area (Å²) in [7, 11) is -4.36. The number of benzene rings is 3. The molecule has 0 saturated carbocycles. The summed E-state index contributed by atoms with van der Waals surface area (Å²) in [6.45, 7) is 5.95. The average molecular weight is 663 g/mol. The molecular weight excluding hydrogens is 629 g/mol. The Morgan fingerprint density at radius 3 is 2.33 bits per heavy atom. The third kappa shape index (κ3) is 7.60. The predicted molar refractivity (Wildman–Crippen MR) is 160 cm³/mol. The number of ether oxygens (including phenoxy) is 2. The van der Waals surface area contributed by atoms with Gasteiger partial charge in [0, 0.05) is 23.6 Å². The molecule has 0 radical (unpaired) electrons. The quantitative estimate of drug-likeness (QED) is 0.318. The van der Waals surface area contributed by atoms with Gasteiger partial charge in [-0.3, -0.25) is 13.9 Å². The van der Waals surface area contributed by atoms with E-state index >= 15 is 0 Å². The predicted octanol–water partition coefficient (Wildman–Crippen LogP) is 4.74. The molecule has 3 aromatic rings. The lowest BCUT2D eigenvalue weighted by Gasteiger charge is -2.32. The molecule has 0 aliphatic carbocycles. The number of nitrogens with one attached hydrogen (secondary N) is 1. The number of hydrogen-bond acceptors (Lipinski definition) is 6. The Morgan fingerprint density at radius 1 is 0.976 bits per heavy atom. The van der Waals surface area contributed by atoms with Crippen molar-refractivity contribution in [2.75, 3.05) is 30.6 Å². The molecule has 12 heteroatoms. The van der Waals surface area contributed by atoms with Crippen LogP contribution in [0.2, 0.25) is 0 Å². The molecule has 1 heterocycles. The monoisotopic (exact) mass is 661 g/mol. The van der Waals surface area contributed by atoms with E-state index in [-0.39, 0.29) is 41.3 Å². The summed E-state index contributed by atoms with van der Waals surface area (Å²) in [5.41, 5.74) is 0.822. The van der Waals surface area contributed by atoms with Gasteiger partial charge in [0.15, 0.2) is 11.5 Å². The fraction of sp³-hybridized carbons (Fsp3) is 0.333. The van der Waals surface area contributed by atoms with E-state index in [0.717, 1.165) is 26.5 Å². The first-order valence-electron chi connectivity index (χ1n) is 13.5. The fourth-order valence-electron chi connectivity index (χ4n) is 4.31. The Morgan fingerprint density at radius 2 is 1.67 bits per heavy atom. The minimum Gasteiger partial charge on any atom is -0.486 e. The highest BCUT2D eigenvalue weighted by atomic mass is 79.9. The number of nitrogens with zero attached hydrogens (tertiary/aromatic N) is 2. The molecule has 0 spiro atoms. The molecule has 0 aromatic heterocycles. The summed E-state index contributed by atoms with van der Waals surface area (Å²) in [5, 5.41) is 2.85. The summed E-state index contributed by atoms with van der Waals surface area (Å²) < 4.78 is 54.7. The van der Waals surface area contributed by atoms with Gasteiger partial charge in [0.1, 0.15) is 31.6 Å². The summed E-state index contributed by atoms with van der Waals surface area (Å²) in [5.74, 6) is -0.679. The Bertz CT molecular complexity index is 1530. The summed E-state index contributed by atoms with van der Waals surface area (Å²) >= 11 is 3.43. The Labute approximate surface area is 253 Å². The number of anilines is 1. The fourth-order valence-corrected chi connectivity index (χ4v) is 6.19. The van der Waals surface area contributed by atoms with Crippen molar-refractivity contribution in [2.24, 2.45) is 5.92 Å². The van der Waals surface area contributed by atoms with Crippen LogP contribution >= 0.6 is 15.9 Å². The standard InChI is InChI=1S/C30H33BrFN3O6S/c1-20(2)17-33-30(37)21(3)34(18-22-5-4-6-23(31)15-22)29(36)19-35(25-9-7-24(32)8-10-25)42(38,39)26-11-12-27-28(16-26)41-14-13-40-27/h4-12,15-16,20-21H,13-14,17-19H2,1-3H3,(H,33,37)/t21-/m0/s1. The number of amides is 2. The number of halogens is 2. The van der Waals surface area contributed by atoms with Gasteiger partial charge in [0.05, 0.1) is 10.6 Å². The van der Waals surface area contributed by atoms with Crippen LogP contribution in [-0.4, -0.2) is 57.5 Å². The van der Waals surface area contributed by atoms with Crippen molar-refractivity contribution in [2.45, 2.75) is 38.3 Å². The van der Waals surface area contributed by atoms with Gasteiger partial charge in [-0.05, 0) is 66.9 Å². The van der Waals surface area contributed by atoms with Gasteiger partial charge < -0.3 is 19.7 Å². The van der Waals surface area contributed by atoms with E-state index < -0.39 is 34.3 Å². The van der Waals surface area contributed by atoms with Crippen molar-refractivity contribution in [3.63, 3.8) is 0 Å². The second-order valence-corrected chi connectivity index (χ2v) is 13.0. The van der Waals surface area contributed by atoms with Crippen LogP contribution in [0.3, 0.4) is 0 Å². The summed E-state index contributed by atoms with van der Waals surface area (Å²) in [6.07, 6.45) is 0. The van der Waals surface area contributed by atoms with Crippen LogP contribution in [-0.2, 0) is 26.2 Å². The zero-order valence-electron chi connectivity index (χ0n) is 23.5. The van der Waals surface area contributed by atoms with E-state index in [0.29, 0.717) is 18.9 Å². The average Bonchev–Trinajstić information content (AvgIpc) is 2.97. The zero-order valence-corrected chi connectivity index (χ0v) is 26.0. The van der Waals surface area contributed by atoms with Crippen LogP contribution in [0.1, 0.15) is 26.3 Å². The molecule has 0 fully saturated rings. The van der Waals surface area contributed by atoms with Crippen molar-refractivity contribution in [1.82, 2.24) is 10.2 Å². The zero-order chi connectivity index (χ0) is 30.4. The molecule has 9 nitrogen and oxygen atoms in total. The highest BCUT2D eigenvalue weighted by molar-refractivity contribution is 9.10. The molecule has 0 bridgehead atoms. The first kappa shape index (κ1) is 31.3. The molecule has 1 atom stereocenters. The molecular formula is C30H33BrFN3O6S. The van der Waals surface area contributed by atoms with Gasteiger partial charge >= 0.3 is 0 Å². The van der Waals surface area contributed by atoms with Crippen molar-refractivity contribution >= 4 is 43.5 Å². The van der Waals surface area contributed by atoms with E-state index in [9.17, 15) is 22.4 Å². The highest BCUT2D eigenvalue weighted by Crippen LogP contribution is 2.34. The summed E-state index contributed by atoms with van der Waals surface area (Å²) in [6, 6.07) is 15.4.